The summed E-state index contributed by atoms with van der Waals surface area (Å²) in [5.41, 5.74) is 8.13. The standard InChI is InChI=1S/C14H19IN2O4.C9H12N2O2/c1-6-20-12(18)9-7-8(2)10(11(15)16-9)17-13(19)21-14(3,4)5;1-3-13-9(12)8-4-6(2)7(10)5-11-8/h7H,6H2,1-5H3,(H,17,19);4-5H,3,10H2,1-2H3. The van der Waals surface area contributed by atoms with Gasteiger partial charge >= 0.3 is 18.0 Å². The summed E-state index contributed by atoms with van der Waals surface area (Å²) in [5, 5.41) is 2.65. The Bertz CT molecular complexity index is 1010. The number of carbonyl (C=O) groups is 3. The van der Waals surface area contributed by atoms with E-state index < -0.39 is 23.6 Å². The summed E-state index contributed by atoms with van der Waals surface area (Å²) in [6, 6.07) is 3.19. The number of nitrogens with zero attached hydrogens (tertiary/aromatic N) is 2. The van der Waals surface area contributed by atoms with Crippen LogP contribution in [0.2, 0.25) is 0 Å². The fraction of sp³-hybridized carbons (Fsp3) is 0.435. The third-order valence-electron chi connectivity index (χ3n) is 3.92. The summed E-state index contributed by atoms with van der Waals surface area (Å²) >= 11 is 1.95. The molecule has 2 heterocycles. The molecular weight excluding hydrogens is 555 g/mol. The highest BCUT2D eigenvalue weighted by Gasteiger charge is 2.20. The van der Waals surface area contributed by atoms with E-state index in [0.29, 0.717) is 32.9 Å². The van der Waals surface area contributed by atoms with Crippen molar-refractivity contribution in [3.8, 4) is 0 Å². The van der Waals surface area contributed by atoms with Crippen LogP contribution in [-0.4, -0.2) is 46.8 Å². The van der Waals surface area contributed by atoms with Crippen molar-refractivity contribution >= 4 is 52.0 Å². The number of pyridine rings is 2. The molecule has 0 fully saturated rings. The van der Waals surface area contributed by atoms with Crippen LogP contribution in [0.3, 0.4) is 0 Å². The maximum absolute atomic E-state index is 11.8. The maximum atomic E-state index is 11.8. The average Bonchev–Trinajstić information content (AvgIpc) is 2.72. The molecule has 0 aliphatic carbocycles. The topological polar surface area (TPSA) is 143 Å². The van der Waals surface area contributed by atoms with E-state index in [2.05, 4.69) is 15.3 Å². The lowest BCUT2D eigenvalue weighted by Gasteiger charge is -2.20. The zero-order valence-corrected chi connectivity index (χ0v) is 22.6. The number of aromatic nitrogens is 2. The van der Waals surface area contributed by atoms with Gasteiger partial charge in [0.25, 0.3) is 0 Å². The van der Waals surface area contributed by atoms with Gasteiger partial charge in [-0.15, -0.1) is 0 Å². The van der Waals surface area contributed by atoms with Gasteiger partial charge in [-0.05, 0) is 94.3 Å². The van der Waals surface area contributed by atoms with Crippen LogP contribution >= 0.6 is 22.6 Å². The van der Waals surface area contributed by atoms with Gasteiger partial charge in [0.15, 0.2) is 0 Å². The monoisotopic (exact) mass is 586 g/mol. The molecule has 0 atom stereocenters. The lowest BCUT2D eigenvalue weighted by atomic mass is 10.2. The average molecular weight is 586 g/mol. The largest absolute Gasteiger partial charge is 0.461 e. The molecule has 0 aromatic carbocycles. The molecule has 11 heteroatoms. The molecule has 0 saturated heterocycles. The molecule has 2 aromatic rings. The van der Waals surface area contributed by atoms with E-state index in [1.54, 1.807) is 53.7 Å². The number of anilines is 2. The van der Waals surface area contributed by atoms with E-state index in [9.17, 15) is 14.4 Å². The normalized spacial score (nSPS) is 10.5. The summed E-state index contributed by atoms with van der Waals surface area (Å²) in [5.74, 6) is -0.895. The second kappa shape index (κ2) is 13.1. The van der Waals surface area contributed by atoms with Crippen molar-refractivity contribution in [1.82, 2.24) is 9.97 Å². The molecule has 0 radical (unpaired) electrons. The van der Waals surface area contributed by atoms with Crippen LogP contribution in [0.4, 0.5) is 16.2 Å². The van der Waals surface area contributed by atoms with E-state index in [1.165, 1.54) is 6.20 Å². The SMILES string of the molecule is CCOC(=O)c1cc(C)c(N)cn1.CCOC(=O)c1cc(C)c(NC(=O)OC(C)(C)C)c(I)n1. The van der Waals surface area contributed by atoms with Gasteiger partial charge < -0.3 is 19.9 Å². The number of esters is 2. The van der Waals surface area contributed by atoms with Gasteiger partial charge in [-0.25, -0.2) is 24.4 Å². The molecule has 0 aliphatic heterocycles. The summed E-state index contributed by atoms with van der Waals surface area (Å²) < 4.78 is 15.4. The van der Waals surface area contributed by atoms with Crippen molar-refractivity contribution in [1.29, 1.82) is 0 Å². The molecule has 10 nitrogen and oxygen atoms in total. The number of amides is 1. The molecule has 0 spiro atoms. The van der Waals surface area contributed by atoms with Crippen molar-refractivity contribution in [2.75, 3.05) is 24.3 Å². The van der Waals surface area contributed by atoms with Crippen molar-refractivity contribution < 1.29 is 28.6 Å². The number of aryl methyl sites for hydroxylation is 2. The zero-order chi connectivity index (χ0) is 26.1. The van der Waals surface area contributed by atoms with Crippen molar-refractivity contribution in [3.05, 3.63) is 44.5 Å². The van der Waals surface area contributed by atoms with Crippen molar-refractivity contribution in [2.24, 2.45) is 0 Å². The number of hydrogen-bond acceptors (Lipinski definition) is 9. The Morgan fingerprint density at radius 2 is 1.53 bits per heavy atom. The number of nitrogens with two attached hydrogens (primary N) is 1. The van der Waals surface area contributed by atoms with Crippen molar-refractivity contribution in [3.63, 3.8) is 0 Å². The van der Waals surface area contributed by atoms with Gasteiger partial charge in [-0.3, -0.25) is 5.32 Å². The van der Waals surface area contributed by atoms with E-state index in [4.69, 9.17) is 19.9 Å². The van der Waals surface area contributed by atoms with Gasteiger partial charge in [0, 0.05) is 0 Å². The Labute approximate surface area is 213 Å². The number of rotatable bonds is 5. The van der Waals surface area contributed by atoms with Gasteiger partial charge in [-0.2, -0.15) is 0 Å². The van der Waals surface area contributed by atoms with Crippen LogP contribution < -0.4 is 11.1 Å². The van der Waals surface area contributed by atoms with Crippen LogP contribution in [0, 0.1) is 17.5 Å². The highest BCUT2D eigenvalue weighted by atomic mass is 127. The molecule has 0 saturated carbocycles. The Kier molecular flexibility index (Phi) is 11.2. The summed E-state index contributed by atoms with van der Waals surface area (Å²) in [6.07, 6.45) is 0.899. The predicted octanol–water partition coefficient (Wildman–Crippen LogP) is 4.67. The first-order valence-corrected chi connectivity index (χ1v) is 11.6. The van der Waals surface area contributed by atoms with Crippen LogP contribution in [-0.2, 0) is 14.2 Å². The lowest BCUT2D eigenvalue weighted by molar-refractivity contribution is 0.0510. The predicted molar refractivity (Wildman–Crippen MR) is 137 cm³/mol. The third kappa shape index (κ3) is 9.49. The Balaban J connectivity index is 0.000000380. The fourth-order valence-corrected chi connectivity index (χ4v) is 3.20. The second-order valence-electron chi connectivity index (χ2n) is 7.98. The second-order valence-corrected chi connectivity index (χ2v) is 9.01. The Morgan fingerprint density at radius 1 is 1.00 bits per heavy atom. The Hall–Kier alpha value is -2.96. The minimum Gasteiger partial charge on any atom is -0.461 e. The van der Waals surface area contributed by atoms with Gasteiger partial charge in [0.05, 0.1) is 30.8 Å². The van der Waals surface area contributed by atoms with Crippen LogP contribution in [0.1, 0.15) is 66.7 Å². The lowest BCUT2D eigenvalue weighted by Crippen LogP contribution is -2.28. The number of nitrogens with one attached hydrogen (secondary N) is 1. The maximum Gasteiger partial charge on any atom is 0.412 e. The van der Waals surface area contributed by atoms with Crippen LogP contribution in [0.5, 0.6) is 0 Å². The first-order chi connectivity index (χ1) is 15.8. The molecule has 1 amide bonds. The summed E-state index contributed by atoms with van der Waals surface area (Å²) in [4.78, 5) is 42.7. The summed E-state index contributed by atoms with van der Waals surface area (Å²) in [7, 11) is 0. The molecule has 34 heavy (non-hydrogen) atoms. The van der Waals surface area contributed by atoms with Gasteiger partial charge in [-0.1, -0.05) is 0 Å². The Morgan fingerprint density at radius 3 is 2.00 bits per heavy atom. The zero-order valence-electron chi connectivity index (χ0n) is 20.4. The molecular formula is C23H31IN4O6. The van der Waals surface area contributed by atoms with E-state index >= 15 is 0 Å². The number of ether oxygens (including phenoxy) is 3. The molecule has 2 rings (SSSR count). The molecule has 2 aromatic heterocycles. The summed E-state index contributed by atoms with van der Waals surface area (Å²) in [6.45, 7) is 13.1. The fourth-order valence-electron chi connectivity index (χ4n) is 2.38. The number of hydrogen-bond donors (Lipinski definition) is 2. The van der Waals surface area contributed by atoms with E-state index in [0.717, 1.165) is 5.56 Å². The van der Waals surface area contributed by atoms with Crippen molar-refractivity contribution in [2.45, 2.75) is 54.1 Å². The van der Waals surface area contributed by atoms with Crippen LogP contribution in [0.15, 0.2) is 18.3 Å². The molecule has 0 bridgehead atoms. The van der Waals surface area contributed by atoms with Gasteiger partial charge in [0.2, 0.25) is 0 Å². The first kappa shape index (κ1) is 29.1. The first-order valence-electron chi connectivity index (χ1n) is 10.5. The number of carbonyl (C=O) groups excluding carboxylic acids is 3. The third-order valence-corrected chi connectivity index (χ3v) is 4.70. The quantitative estimate of drug-likeness (QED) is 0.221. The number of nitrogen functional groups attached to an aromatic ring is 1. The molecule has 0 aliphatic rings. The smallest absolute Gasteiger partial charge is 0.412 e. The van der Waals surface area contributed by atoms with Gasteiger partial charge in [0.1, 0.15) is 20.7 Å². The minimum absolute atomic E-state index is 0.216. The minimum atomic E-state index is -0.582. The van der Waals surface area contributed by atoms with E-state index in [1.807, 2.05) is 29.5 Å². The molecule has 3 N–H and O–H groups in total. The molecule has 0 unspecified atom stereocenters. The molecule has 186 valence electrons. The van der Waals surface area contributed by atoms with Crippen LogP contribution in [0.25, 0.3) is 0 Å². The highest BCUT2D eigenvalue weighted by molar-refractivity contribution is 14.1. The van der Waals surface area contributed by atoms with E-state index in [-0.39, 0.29) is 12.3 Å². The highest BCUT2D eigenvalue weighted by Crippen LogP contribution is 2.23. The number of halogens is 1.